The van der Waals surface area contributed by atoms with E-state index in [1.807, 2.05) is 18.4 Å². The van der Waals surface area contributed by atoms with Crippen LogP contribution in [0.2, 0.25) is 0 Å². The van der Waals surface area contributed by atoms with E-state index >= 15 is 0 Å². The van der Waals surface area contributed by atoms with E-state index in [-0.39, 0.29) is 6.04 Å². The first-order valence-electron chi connectivity index (χ1n) is 7.61. The maximum absolute atomic E-state index is 5.89. The van der Waals surface area contributed by atoms with Crippen LogP contribution in [0.4, 0.5) is 0 Å². The second kappa shape index (κ2) is 5.58. The maximum Gasteiger partial charge on any atom is 0.134 e. The minimum atomic E-state index is 0.184. The summed E-state index contributed by atoms with van der Waals surface area (Å²) in [5.41, 5.74) is 5.19. The molecule has 1 heterocycles. The average Bonchev–Trinajstić information content (AvgIpc) is 2.83. The van der Waals surface area contributed by atoms with Crippen molar-refractivity contribution in [2.45, 2.75) is 39.2 Å². The lowest BCUT2D eigenvalue weighted by atomic mass is 9.72. The molecule has 1 aromatic carbocycles. The number of fused-ring (bicyclic) bond motifs is 1. The summed E-state index contributed by atoms with van der Waals surface area (Å²) in [6.07, 6.45) is 5.68. The third kappa shape index (κ3) is 2.48. The molecule has 3 N–H and O–H groups in total. The number of hydrazine groups is 1. The predicted molar refractivity (Wildman–Crippen MR) is 81.9 cm³/mol. The van der Waals surface area contributed by atoms with Gasteiger partial charge in [0.2, 0.25) is 0 Å². The van der Waals surface area contributed by atoms with Gasteiger partial charge in [-0.15, -0.1) is 0 Å². The predicted octanol–water partition coefficient (Wildman–Crippen LogP) is 4.01. The summed E-state index contributed by atoms with van der Waals surface area (Å²) in [4.78, 5) is 0. The fourth-order valence-electron chi connectivity index (χ4n) is 4.00. The third-order valence-corrected chi connectivity index (χ3v) is 4.71. The number of benzene rings is 1. The molecule has 3 heteroatoms. The minimum absolute atomic E-state index is 0.184. The molecule has 20 heavy (non-hydrogen) atoms. The number of nitrogens with two attached hydrogens (primary N) is 1. The van der Waals surface area contributed by atoms with Gasteiger partial charge in [-0.25, -0.2) is 0 Å². The topological polar surface area (TPSA) is 51.2 Å². The molecule has 0 radical (unpaired) electrons. The molecule has 0 saturated heterocycles. The van der Waals surface area contributed by atoms with Gasteiger partial charge in [0.15, 0.2) is 0 Å². The molecule has 2 aromatic rings. The van der Waals surface area contributed by atoms with Crippen LogP contribution in [0.25, 0.3) is 11.0 Å². The summed E-state index contributed by atoms with van der Waals surface area (Å²) in [6, 6.07) is 8.38. The Morgan fingerprint density at radius 2 is 1.85 bits per heavy atom. The van der Waals surface area contributed by atoms with E-state index in [2.05, 4.69) is 31.4 Å². The Morgan fingerprint density at radius 1 is 1.15 bits per heavy atom. The van der Waals surface area contributed by atoms with Crippen LogP contribution in [0, 0.1) is 17.8 Å². The zero-order valence-corrected chi connectivity index (χ0v) is 12.3. The number of nitrogens with one attached hydrogen (secondary N) is 1. The highest BCUT2D eigenvalue weighted by molar-refractivity contribution is 5.81. The lowest BCUT2D eigenvalue weighted by molar-refractivity contribution is 0.177. The largest absolute Gasteiger partial charge is 0.464 e. The van der Waals surface area contributed by atoms with Gasteiger partial charge in [0.25, 0.3) is 0 Å². The minimum Gasteiger partial charge on any atom is -0.464 e. The Kier molecular flexibility index (Phi) is 3.81. The SMILES string of the molecule is CC1CC(C)CC(C(NN)c2coc3ccccc23)C1. The summed E-state index contributed by atoms with van der Waals surface area (Å²) in [5, 5.41) is 1.18. The van der Waals surface area contributed by atoms with Crippen molar-refractivity contribution < 1.29 is 4.42 Å². The molecule has 1 saturated carbocycles. The molecular weight excluding hydrogens is 248 g/mol. The molecule has 3 atom stereocenters. The van der Waals surface area contributed by atoms with Crippen LogP contribution in [-0.2, 0) is 0 Å². The van der Waals surface area contributed by atoms with Gasteiger partial charge in [-0.1, -0.05) is 32.0 Å². The second-order valence-corrected chi connectivity index (χ2v) is 6.51. The number of furan rings is 1. The molecular formula is C17H24N2O. The molecule has 3 rings (SSSR count). The van der Waals surface area contributed by atoms with Crippen molar-refractivity contribution >= 4 is 11.0 Å². The lowest BCUT2D eigenvalue weighted by Crippen LogP contribution is -2.36. The summed E-state index contributed by atoms with van der Waals surface area (Å²) in [7, 11) is 0. The molecule has 0 spiro atoms. The van der Waals surface area contributed by atoms with Crippen LogP contribution in [0.5, 0.6) is 0 Å². The Morgan fingerprint density at radius 3 is 2.55 bits per heavy atom. The lowest BCUT2D eigenvalue weighted by Gasteiger charge is -2.36. The summed E-state index contributed by atoms with van der Waals surface area (Å²) in [5.74, 6) is 8.02. The fourth-order valence-corrected chi connectivity index (χ4v) is 4.00. The van der Waals surface area contributed by atoms with Crippen LogP contribution >= 0.6 is 0 Å². The first-order chi connectivity index (χ1) is 9.69. The highest BCUT2D eigenvalue weighted by Gasteiger charge is 2.31. The molecule has 1 aliphatic rings. The fraction of sp³-hybridized carbons (Fsp3) is 0.529. The van der Waals surface area contributed by atoms with E-state index in [0.29, 0.717) is 5.92 Å². The number of para-hydroxylation sites is 1. The monoisotopic (exact) mass is 272 g/mol. The van der Waals surface area contributed by atoms with Gasteiger partial charge in [-0.3, -0.25) is 11.3 Å². The Bertz CT molecular complexity index is 567. The number of rotatable bonds is 3. The van der Waals surface area contributed by atoms with Gasteiger partial charge in [0, 0.05) is 10.9 Å². The normalized spacial score (nSPS) is 28.6. The Balaban J connectivity index is 1.93. The van der Waals surface area contributed by atoms with Gasteiger partial charge in [0.05, 0.1) is 12.3 Å². The second-order valence-electron chi connectivity index (χ2n) is 6.51. The van der Waals surface area contributed by atoms with Gasteiger partial charge >= 0.3 is 0 Å². The molecule has 3 nitrogen and oxygen atoms in total. The molecule has 0 bridgehead atoms. The van der Waals surface area contributed by atoms with Crippen molar-refractivity contribution in [2.75, 3.05) is 0 Å². The first kappa shape index (κ1) is 13.7. The Hall–Kier alpha value is -1.32. The summed E-state index contributed by atoms with van der Waals surface area (Å²) < 4.78 is 5.68. The van der Waals surface area contributed by atoms with Gasteiger partial charge < -0.3 is 4.42 Å². The zero-order valence-electron chi connectivity index (χ0n) is 12.3. The molecule has 3 unspecified atom stereocenters. The highest BCUT2D eigenvalue weighted by atomic mass is 16.3. The van der Waals surface area contributed by atoms with E-state index in [9.17, 15) is 0 Å². The van der Waals surface area contributed by atoms with Crippen LogP contribution in [0.15, 0.2) is 34.9 Å². The third-order valence-electron chi connectivity index (χ3n) is 4.71. The summed E-state index contributed by atoms with van der Waals surface area (Å²) in [6.45, 7) is 4.70. The maximum atomic E-state index is 5.89. The van der Waals surface area contributed by atoms with E-state index in [4.69, 9.17) is 10.3 Å². The van der Waals surface area contributed by atoms with Crippen LogP contribution in [0.3, 0.4) is 0 Å². The number of hydrogen-bond acceptors (Lipinski definition) is 3. The molecule has 1 aromatic heterocycles. The van der Waals surface area contributed by atoms with Crippen molar-refractivity contribution in [3.8, 4) is 0 Å². The standard InChI is InChI=1S/C17H24N2O/c1-11-7-12(2)9-13(8-11)17(19-18)15-10-20-16-6-4-3-5-14(15)16/h3-6,10-13,17,19H,7-9,18H2,1-2H3. The zero-order chi connectivity index (χ0) is 14.1. The molecule has 108 valence electrons. The van der Waals surface area contributed by atoms with Gasteiger partial charge in [0.1, 0.15) is 5.58 Å². The van der Waals surface area contributed by atoms with E-state index in [1.165, 1.54) is 30.2 Å². The molecule has 1 fully saturated rings. The van der Waals surface area contributed by atoms with E-state index in [0.717, 1.165) is 17.4 Å². The van der Waals surface area contributed by atoms with Crippen molar-refractivity contribution in [1.29, 1.82) is 0 Å². The van der Waals surface area contributed by atoms with E-state index < -0.39 is 0 Å². The number of hydrogen-bond donors (Lipinski definition) is 2. The molecule has 0 aliphatic heterocycles. The van der Waals surface area contributed by atoms with Gasteiger partial charge in [-0.05, 0) is 43.1 Å². The summed E-state index contributed by atoms with van der Waals surface area (Å²) >= 11 is 0. The van der Waals surface area contributed by atoms with Gasteiger partial charge in [-0.2, -0.15) is 0 Å². The van der Waals surface area contributed by atoms with Crippen molar-refractivity contribution in [3.63, 3.8) is 0 Å². The first-order valence-corrected chi connectivity index (χ1v) is 7.61. The highest BCUT2D eigenvalue weighted by Crippen LogP contribution is 2.41. The van der Waals surface area contributed by atoms with Crippen molar-refractivity contribution in [2.24, 2.45) is 23.6 Å². The van der Waals surface area contributed by atoms with Crippen LogP contribution in [0.1, 0.15) is 44.7 Å². The van der Waals surface area contributed by atoms with Crippen molar-refractivity contribution in [3.05, 3.63) is 36.1 Å². The molecule has 1 aliphatic carbocycles. The quantitative estimate of drug-likeness (QED) is 0.655. The van der Waals surface area contributed by atoms with Crippen LogP contribution < -0.4 is 11.3 Å². The average molecular weight is 272 g/mol. The van der Waals surface area contributed by atoms with E-state index in [1.54, 1.807) is 0 Å². The van der Waals surface area contributed by atoms with Crippen LogP contribution in [-0.4, -0.2) is 0 Å². The Labute approximate surface area is 120 Å². The smallest absolute Gasteiger partial charge is 0.134 e. The van der Waals surface area contributed by atoms with Crippen molar-refractivity contribution in [1.82, 2.24) is 5.43 Å². The molecule has 0 amide bonds.